The molecule has 0 bridgehead atoms. The lowest BCUT2D eigenvalue weighted by Crippen LogP contribution is -2.26. The minimum absolute atomic E-state index is 0.0193. The predicted molar refractivity (Wildman–Crippen MR) is 78.0 cm³/mol. The fraction of sp³-hybridized carbons (Fsp3) is 0.875. The first-order chi connectivity index (χ1) is 8.98. The van der Waals surface area contributed by atoms with E-state index in [0.29, 0.717) is 6.42 Å². The maximum atomic E-state index is 9.69. The van der Waals surface area contributed by atoms with E-state index in [0.717, 1.165) is 6.42 Å². The van der Waals surface area contributed by atoms with Gasteiger partial charge in [-0.2, -0.15) is 0 Å². The topological polar surface area (TPSA) is 38.7 Å². The third-order valence-corrected chi connectivity index (χ3v) is 3.62. The van der Waals surface area contributed by atoms with Crippen LogP contribution in [-0.2, 0) is 9.47 Å². The molecule has 3 nitrogen and oxygen atoms in total. The van der Waals surface area contributed by atoms with Gasteiger partial charge in [-0.3, -0.25) is 0 Å². The van der Waals surface area contributed by atoms with Crippen molar-refractivity contribution in [3.8, 4) is 0 Å². The molecule has 1 aliphatic rings. The molecule has 1 saturated heterocycles. The lowest BCUT2D eigenvalue weighted by Gasteiger charge is -2.18. The first-order valence-corrected chi connectivity index (χ1v) is 7.64. The lowest BCUT2D eigenvalue weighted by molar-refractivity contribution is -0.148. The Morgan fingerprint density at radius 1 is 1.16 bits per heavy atom. The molecule has 0 aromatic rings. The summed E-state index contributed by atoms with van der Waals surface area (Å²) < 4.78 is 11.8. The quantitative estimate of drug-likeness (QED) is 0.511. The highest BCUT2D eigenvalue weighted by atomic mass is 16.7. The van der Waals surface area contributed by atoms with Crippen LogP contribution in [0.3, 0.4) is 0 Å². The highest BCUT2D eigenvalue weighted by Gasteiger charge is 2.41. The summed E-state index contributed by atoms with van der Waals surface area (Å²) in [4.78, 5) is 0. The highest BCUT2D eigenvalue weighted by molar-refractivity contribution is 4.88. The first kappa shape index (κ1) is 16.7. The molecular weight excluding hydrogens is 240 g/mol. The van der Waals surface area contributed by atoms with Gasteiger partial charge in [-0.15, -0.1) is 6.58 Å². The van der Waals surface area contributed by atoms with E-state index < -0.39 is 11.9 Å². The molecule has 1 N–H and O–H groups in total. The molecular formula is C16H30O3. The van der Waals surface area contributed by atoms with Gasteiger partial charge in [0.1, 0.15) is 0 Å². The Bertz CT molecular complexity index is 263. The molecule has 0 amide bonds. The Hall–Kier alpha value is -0.380. The molecule has 1 fully saturated rings. The summed E-state index contributed by atoms with van der Waals surface area (Å²) in [6, 6.07) is 0. The van der Waals surface area contributed by atoms with Gasteiger partial charge in [0.05, 0.1) is 18.3 Å². The summed E-state index contributed by atoms with van der Waals surface area (Å²) in [5, 5.41) is 9.69. The second-order valence-corrected chi connectivity index (χ2v) is 5.95. The monoisotopic (exact) mass is 270 g/mol. The van der Waals surface area contributed by atoms with Crippen LogP contribution in [0, 0.1) is 0 Å². The van der Waals surface area contributed by atoms with Gasteiger partial charge < -0.3 is 14.6 Å². The second-order valence-electron chi connectivity index (χ2n) is 5.95. The van der Waals surface area contributed by atoms with Gasteiger partial charge in [0.25, 0.3) is 0 Å². The summed E-state index contributed by atoms with van der Waals surface area (Å²) in [7, 11) is 0. The van der Waals surface area contributed by atoms with Crippen LogP contribution in [0.25, 0.3) is 0 Å². The zero-order valence-electron chi connectivity index (χ0n) is 12.7. The van der Waals surface area contributed by atoms with Gasteiger partial charge in [-0.1, -0.05) is 45.1 Å². The normalized spacial score (nSPS) is 27.4. The van der Waals surface area contributed by atoms with Crippen LogP contribution in [0.15, 0.2) is 12.7 Å². The van der Waals surface area contributed by atoms with Crippen LogP contribution in [0.1, 0.15) is 65.7 Å². The molecule has 1 aliphatic heterocycles. The van der Waals surface area contributed by atoms with Crippen LogP contribution >= 0.6 is 0 Å². The average Bonchev–Trinajstić information content (AvgIpc) is 2.63. The zero-order valence-corrected chi connectivity index (χ0v) is 12.7. The Morgan fingerprint density at radius 3 is 2.42 bits per heavy atom. The van der Waals surface area contributed by atoms with Crippen molar-refractivity contribution in [2.45, 2.75) is 89.8 Å². The van der Waals surface area contributed by atoms with Gasteiger partial charge in [-0.05, 0) is 20.3 Å². The van der Waals surface area contributed by atoms with E-state index in [1.54, 1.807) is 6.08 Å². The van der Waals surface area contributed by atoms with Crippen molar-refractivity contribution in [3.63, 3.8) is 0 Å². The maximum Gasteiger partial charge on any atom is 0.163 e. The van der Waals surface area contributed by atoms with Crippen molar-refractivity contribution in [2.75, 3.05) is 0 Å². The van der Waals surface area contributed by atoms with E-state index in [2.05, 4.69) is 13.5 Å². The van der Waals surface area contributed by atoms with Crippen molar-refractivity contribution in [1.29, 1.82) is 0 Å². The summed E-state index contributed by atoms with van der Waals surface area (Å²) in [5.41, 5.74) is 0. The van der Waals surface area contributed by atoms with Crippen molar-refractivity contribution in [3.05, 3.63) is 12.7 Å². The molecule has 19 heavy (non-hydrogen) atoms. The molecule has 0 spiro atoms. The van der Waals surface area contributed by atoms with Crippen molar-refractivity contribution >= 4 is 0 Å². The van der Waals surface area contributed by atoms with E-state index in [1.807, 2.05) is 13.8 Å². The number of aliphatic hydroxyl groups is 1. The zero-order chi connectivity index (χ0) is 14.3. The maximum absolute atomic E-state index is 9.69. The fourth-order valence-electron chi connectivity index (χ4n) is 2.64. The number of hydrogen-bond acceptors (Lipinski definition) is 3. The molecule has 3 atom stereocenters. The number of aliphatic hydroxyl groups excluding tert-OH is 1. The van der Waals surface area contributed by atoms with Crippen LogP contribution < -0.4 is 0 Å². The number of rotatable bonds is 9. The van der Waals surface area contributed by atoms with Gasteiger partial charge in [0, 0.05) is 6.42 Å². The second kappa shape index (κ2) is 8.03. The average molecular weight is 270 g/mol. The van der Waals surface area contributed by atoms with E-state index in [1.165, 1.54) is 32.1 Å². The van der Waals surface area contributed by atoms with Crippen molar-refractivity contribution in [2.24, 2.45) is 0 Å². The fourth-order valence-corrected chi connectivity index (χ4v) is 2.64. The molecule has 0 aliphatic carbocycles. The molecule has 0 radical (unpaired) electrons. The summed E-state index contributed by atoms with van der Waals surface area (Å²) in [6.45, 7) is 9.72. The Labute approximate surface area is 118 Å². The van der Waals surface area contributed by atoms with Crippen LogP contribution in [0.2, 0.25) is 0 Å². The third-order valence-electron chi connectivity index (χ3n) is 3.62. The molecule has 0 aromatic heterocycles. The van der Waals surface area contributed by atoms with Crippen molar-refractivity contribution < 1.29 is 14.6 Å². The van der Waals surface area contributed by atoms with E-state index in [9.17, 15) is 5.11 Å². The van der Waals surface area contributed by atoms with Gasteiger partial charge in [-0.25, -0.2) is 0 Å². The van der Waals surface area contributed by atoms with Crippen LogP contribution in [0.5, 0.6) is 0 Å². The van der Waals surface area contributed by atoms with Gasteiger partial charge in [0.15, 0.2) is 5.79 Å². The number of hydrogen-bond donors (Lipinski definition) is 1. The van der Waals surface area contributed by atoms with E-state index >= 15 is 0 Å². The predicted octanol–water partition coefficient (Wildman–Crippen LogP) is 3.80. The molecule has 1 heterocycles. The van der Waals surface area contributed by atoms with Gasteiger partial charge >= 0.3 is 0 Å². The van der Waals surface area contributed by atoms with E-state index in [-0.39, 0.29) is 12.2 Å². The molecule has 112 valence electrons. The minimum atomic E-state index is -0.528. The Balaban J connectivity index is 2.37. The third kappa shape index (κ3) is 6.07. The molecule has 3 heteroatoms. The summed E-state index contributed by atoms with van der Waals surface area (Å²) in [6.07, 6.45) is 9.03. The molecule has 0 saturated carbocycles. The molecule has 1 rings (SSSR count). The SMILES string of the molecule is C=C[C@H](O)C[C@H]1OC(C)(C)O[C@@H]1CCCCCCC. The smallest absolute Gasteiger partial charge is 0.163 e. The number of ether oxygens (including phenoxy) is 2. The summed E-state index contributed by atoms with van der Waals surface area (Å²) in [5.74, 6) is -0.528. The highest BCUT2D eigenvalue weighted by Crippen LogP contribution is 2.33. The van der Waals surface area contributed by atoms with Crippen molar-refractivity contribution in [1.82, 2.24) is 0 Å². The Kier molecular flexibility index (Phi) is 7.05. The van der Waals surface area contributed by atoms with Crippen LogP contribution in [-0.4, -0.2) is 29.2 Å². The standard InChI is InChI=1S/C16H30O3/c1-5-7-8-9-10-11-14-15(12-13(17)6-2)19-16(3,4)18-14/h6,13-15,17H,2,5,7-12H2,1,3-4H3/t13-,14+,15+/m0/s1. The number of unbranched alkanes of at least 4 members (excludes halogenated alkanes) is 4. The lowest BCUT2D eigenvalue weighted by atomic mass is 10.0. The van der Waals surface area contributed by atoms with Crippen LogP contribution in [0.4, 0.5) is 0 Å². The largest absolute Gasteiger partial charge is 0.389 e. The van der Waals surface area contributed by atoms with Gasteiger partial charge in [0.2, 0.25) is 0 Å². The first-order valence-electron chi connectivity index (χ1n) is 7.64. The molecule has 0 aromatic carbocycles. The molecule has 0 unspecified atom stereocenters. The minimum Gasteiger partial charge on any atom is -0.389 e. The van der Waals surface area contributed by atoms with E-state index in [4.69, 9.17) is 9.47 Å². The Morgan fingerprint density at radius 2 is 1.79 bits per heavy atom. The summed E-state index contributed by atoms with van der Waals surface area (Å²) >= 11 is 0.